The second-order valence-corrected chi connectivity index (χ2v) is 2.92. The summed E-state index contributed by atoms with van der Waals surface area (Å²) in [4.78, 5) is 4.07. The van der Waals surface area contributed by atoms with Gasteiger partial charge in [-0.2, -0.15) is 5.10 Å². The average Bonchev–Trinajstić information content (AvgIpc) is 2.30. The lowest BCUT2D eigenvalue weighted by Crippen LogP contribution is -1.96. The third-order valence-corrected chi connectivity index (χ3v) is 1.98. The number of methoxy groups -OCH3 is 1. The summed E-state index contributed by atoms with van der Waals surface area (Å²) in [5.41, 5.74) is 7.17. The first-order valence-corrected chi connectivity index (χ1v) is 4.39. The molecular weight excluding hydrogens is 192 g/mol. The van der Waals surface area contributed by atoms with Crippen LogP contribution in [0.4, 0.5) is 5.69 Å². The fourth-order valence-corrected chi connectivity index (χ4v) is 1.24. The van der Waals surface area contributed by atoms with Gasteiger partial charge in [-0.15, -0.1) is 5.10 Å². The Hall–Kier alpha value is -2.17. The van der Waals surface area contributed by atoms with Crippen LogP contribution in [-0.4, -0.2) is 22.3 Å². The van der Waals surface area contributed by atoms with Crippen LogP contribution in [0.1, 0.15) is 0 Å². The van der Waals surface area contributed by atoms with Crippen LogP contribution in [0.25, 0.3) is 11.4 Å². The van der Waals surface area contributed by atoms with E-state index < -0.39 is 0 Å². The Morgan fingerprint density at radius 3 is 2.73 bits per heavy atom. The Balaban J connectivity index is 2.46. The minimum absolute atomic E-state index is 0.512. The lowest BCUT2D eigenvalue weighted by molar-refractivity contribution is 0.415. The predicted octanol–water partition coefficient (Wildman–Crippen LogP) is 1.13. The maximum absolute atomic E-state index is 5.84. The van der Waals surface area contributed by atoms with Gasteiger partial charge in [0.2, 0.25) is 0 Å². The smallest absolute Gasteiger partial charge is 0.183 e. The number of benzene rings is 1. The maximum atomic E-state index is 5.84. The van der Waals surface area contributed by atoms with Crippen molar-refractivity contribution in [3.8, 4) is 17.1 Å². The van der Waals surface area contributed by atoms with E-state index in [2.05, 4.69) is 15.2 Å². The number of aromatic nitrogens is 3. The van der Waals surface area contributed by atoms with Gasteiger partial charge in [0, 0.05) is 23.5 Å². The zero-order valence-electron chi connectivity index (χ0n) is 8.21. The molecule has 0 saturated carbocycles. The molecule has 0 spiro atoms. The Kier molecular flexibility index (Phi) is 2.45. The predicted molar refractivity (Wildman–Crippen MR) is 56.2 cm³/mol. The highest BCUT2D eigenvalue weighted by Crippen LogP contribution is 2.25. The first kappa shape index (κ1) is 9.39. The van der Waals surface area contributed by atoms with Gasteiger partial charge in [0.25, 0.3) is 0 Å². The normalized spacial score (nSPS) is 9.93. The fourth-order valence-electron chi connectivity index (χ4n) is 1.24. The van der Waals surface area contributed by atoms with Crippen molar-refractivity contribution in [3.63, 3.8) is 0 Å². The zero-order chi connectivity index (χ0) is 10.7. The number of ether oxygens (including phenoxy) is 1. The van der Waals surface area contributed by atoms with Crippen molar-refractivity contribution in [2.24, 2.45) is 0 Å². The van der Waals surface area contributed by atoms with Gasteiger partial charge < -0.3 is 10.5 Å². The van der Waals surface area contributed by atoms with Crippen molar-refractivity contribution in [2.75, 3.05) is 12.8 Å². The molecule has 0 amide bonds. The molecule has 15 heavy (non-hydrogen) atoms. The quantitative estimate of drug-likeness (QED) is 0.739. The molecule has 1 heterocycles. The van der Waals surface area contributed by atoms with E-state index in [4.69, 9.17) is 10.5 Å². The number of nitrogen functional groups attached to an aromatic ring is 1. The van der Waals surface area contributed by atoms with E-state index in [0.717, 1.165) is 5.56 Å². The van der Waals surface area contributed by atoms with Gasteiger partial charge in [-0.05, 0) is 12.1 Å². The highest BCUT2D eigenvalue weighted by atomic mass is 16.5. The Morgan fingerprint density at radius 1 is 1.27 bits per heavy atom. The van der Waals surface area contributed by atoms with Gasteiger partial charge >= 0.3 is 0 Å². The topological polar surface area (TPSA) is 73.9 Å². The van der Waals surface area contributed by atoms with Gasteiger partial charge in [0.05, 0.1) is 13.3 Å². The molecule has 0 saturated heterocycles. The monoisotopic (exact) mass is 202 g/mol. The van der Waals surface area contributed by atoms with Crippen molar-refractivity contribution in [2.45, 2.75) is 0 Å². The van der Waals surface area contributed by atoms with Crippen LogP contribution in [0.15, 0.2) is 30.6 Å². The van der Waals surface area contributed by atoms with Crippen LogP contribution >= 0.6 is 0 Å². The molecule has 0 radical (unpaired) electrons. The van der Waals surface area contributed by atoms with E-state index in [1.807, 2.05) is 12.1 Å². The van der Waals surface area contributed by atoms with E-state index >= 15 is 0 Å². The van der Waals surface area contributed by atoms with Crippen LogP contribution in [0.3, 0.4) is 0 Å². The summed E-state index contributed by atoms with van der Waals surface area (Å²) in [6.45, 7) is 0. The molecule has 5 nitrogen and oxygen atoms in total. The Morgan fingerprint density at radius 2 is 2.13 bits per heavy atom. The zero-order valence-corrected chi connectivity index (χ0v) is 8.21. The molecule has 5 heteroatoms. The molecule has 1 aromatic heterocycles. The van der Waals surface area contributed by atoms with Crippen LogP contribution in [0.5, 0.6) is 5.75 Å². The molecule has 0 aliphatic carbocycles. The average molecular weight is 202 g/mol. The lowest BCUT2D eigenvalue weighted by Gasteiger charge is -2.05. The van der Waals surface area contributed by atoms with Crippen LogP contribution < -0.4 is 10.5 Å². The van der Waals surface area contributed by atoms with Gasteiger partial charge in [0.15, 0.2) is 5.82 Å². The van der Waals surface area contributed by atoms with Gasteiger partial charge in [-0.25, -0.2) is 4.98 Å². The minimum atomic E-state index is 0.512. The number of nitrogens with zero attached hydrogens (tertiary/aromatic N) is 3. The summed E-state index contributed by atoms with van der Waals surface area (Å²) in [6.07, 6.45) is 3.09. The molecule has 2 aromatic rings. The van der Waals surface area contributed by atoms with Crippen LogP contribution in [-0.2, 0) is 0 Å². The second-order valence-electron chi connectivity index (χ2n) is 2.92. The lowest BCUT2D eigenvalue weighted by atomic mass is 10.1. The van der Waals surface area contributed by atoms with Gasteiger partial charge in [-0.1, -0.05) is 0 Å². The Bertz CT molecular complexity index is 458. The molecular formula is C10H10N4O. The largest absolute Gasteiger partial charge is 0.497 e. The highest BCUT2D eigenvalue weighted by Gasteiger charge is 2.06. The van der Waals surface area contributed by atoms with Gasteiger partial charge in [0.1, 0.15) is 5.75 Å². The summed E-state index contributed by atoms with van der Waals surface area (Å²) in [7, 11) is 1.59. The number of nitrogens with two attached hydrogens (primary N) is 1. The molecule has 0 fully saturated rings. The van der Waals surface area contributed by atoms with E-state index in [1.54, 1.807) is 19.4 Å². The summed E-state index contributed by atoms with van der Waals surface area (Å²) < 4.78 is 5.05. The molecule has 0 unspecified atom stereocenters. The summed E-state index contributed by atoms with van der Waals surface area (Å²) in [5, 5.41) is 7.63. The first-order valence-electron chi connectivity index (χ1n) is 4.39. The minimum Gasteiger partial charge on any atom is -0.497 e. The van der Waals surface area contributed by atoms with Crippen molar-refractivity contribution >= 4 is 5.69 Å². The van der Waals surface area contributed by atoms with Gasteiger partial charge in [-0.3, -0.25) is 0 Å². The summed E-state index contributed by atoms with van der Waals surface area (Å²) >= 11 is 0. The molecule has 76 valence electrons. The van der Waals surface area contributed by atoms with Crippen LogP contribution in [0, 0.1) is 0 Å². The third kappa shape index (κ3) is 1.85. The van der Waals surface area contributed by atoms with Crippen molar-refractivity contribution in [3.05, 3.63) is 30.6 Å². The van der Waals surface area contributed by atoms with Crippen LogP contribution in [0.2, 0.25) is 0 Å². The highest BCUT2D eigenvalue weighted by molar-refractivity contribution is 5.72. The molecule has 0 aliphatic heterocycles. The standard InChI is InChI=1S/C10H10N4O/c1-15-7-2-3-8(9(11)6-7)10-12-4-5-13-14-10/h2-6H,11H2,1H3. The molecule has 0 bridgehead atoms. The SMILES string of the molecule is COc1ccc(-c2nccnn2)c(N)c1. The second kappa shape index (κ2) is 3.91. The van der Waals surface area contributed by atoms with Crippen molar-refractivity contribution in [1.82, 2.24) is 15.2 Å². The first-order chi connectivity index (χ1) is 7.31. The van der Waals surface area contributed by atoms with E-state index in [-0.39, 0.29) is 0 Å². The maximum Gasteiger partial charge on any atom is 0.183 e. The molecule has 2 N–H and O–H groups in total. The van der Waals surface area contributed by atoms with E-state index in [1.165, 1.54) is 6.20 Å². The Labute approximate surface area is 86.9 Å². The molecule has 1 aromatic carbocycles. The summed E-state index contributed by atoms with van der Waals surface area (Å²) in [6, 6.07) is 5.35. The number of hydrogen-bond donors (Lipinski definition) is 1. The van der Waals surface area contributed by atoms with Crippen molar-refractivity contribution < 1.29 is 4.74 Å². The third-order valence-electron chi connectivity index (χ3n) is 1.98. The van der Waals surface area contributed by atoms with E-state index in [9.17, 15) is 0 Å². The number of rotatable bonds is 2. The molecule has 0 aliphatic rings. The number of anilines is 1. The van der Waals surface area contributed by atoms with Crippen molar-refractivity contribution in [1.29, 1.82) is 0 Å². The number of hydrogen-bond acceptors (Lipinski definition) is 5. The fraction of sp³-hybridized carbons (Fsp3) is 0.100. The summed E-state index contributed by atoms with van der Waals surface area (Å²) in [5.74, 6) is 1.22. The molecule has 2 rings (SSSR count). The van der Waals surface area contributed by atoms with E-state index in [0.29, 0.717) is 17.3 Å². The molecule has 0 atom stereocenters.